The van der Waals surface area contributed by atoms with Crippen LogP contribution >= 0.6 is 0 Å². The third-order valence-electron chi connectivity index (χ3n) is 3.05. The molecule has 0 bridgehead atoms. The highest BCUT2D eigenvalue weighted by molar-refractivity contribution is 4.73. The molecule has 13 heavy (non-hydrogen) atoms. The highest BCUT2D eigenvalue weighted by atomic mass is 16.5. The zero-order valence-electron chi connectivity index (χ0n) is 8.54. The average molecular weight is 184 g/mol. The molecule has 0 N–H and O–H groups in total. The molecule has 0 radical (unpaired) electrons. The van der Waals surface area contributed by atoms with Gasteiger partial charge in [-0.2, -0.15) is 0 Å². The fourth-order valence-electron chi connectivity index (χ4n) is 2.18. The summed E-state index contributed by atoms with van der Waals surface area (Å²) in [7, 11) is 2.18. The Labute approximate surface area is 80.6 Å². The number of likely N-dealkylation sites (tertiary alicyclic amines) is 1. The molecular formula is C10H20N2O. The van der Waals surface area contributed by atoms with E-state index in [9.17, 15) is 0 Å². The molecule has 0 aromatic rings. The monoisotopic (exact) mass is 184 g/mol. The van der Waals surface area contributed by atoms with Gasteiger partial charge in [0.25, 0.3) is 0 Å². The molecule has 3 heteroatoms. The number of piperidine rings is 1. The second kappa shape index (κ2) is 4.40. The summed E-state index contributed by atoms with van der Waals surface area (Å²) in [6, 6.07) is 0. The molecule has 2 aliphatic heterocycles. The Morgan fingerprint density at radius 3 is 2.54 bits per heavy atom. The van der Waals surface area contributed by atoms with E-state index in [2.05, 4.69) is 16.8 Å². The Hall–Kier alpha value is -0.120. The van der Waals surface area contributed by atoms with Crippen molar-refractivity contribution in [1.82, 2.24) is 9.80 Å². The second-order valence-corrected chi connectivity index (χ2v) is 4.18. The summed E-state index contributed by atoms with van der Waals surface area (Å²) >= 11 is 0. The van der Waals surface area contributed by atoms with E-state index < -0.39 is 0 Å². The molecule has 0 aromatic carbocycles. The molecule has 0 spiro atoms. The van der Waals surface area contributed by atoms with E-state index in [0.717, 1.165) is 19.7 Å². The van der Waals surface area contributed by atoms with Crippen molar-refractivity contribution in [2.24, 2.45) is 0 Å². The fourth-order valence-corrected chi connectivity index (χ4v) is 2.18. The summed E-state index contributed by atoms with van der Waals surface area (Å²) in [5, 5.41) is 0. The van der Waals surface area contributed by atoms with E-state index in [0.29, 0.717) is 6.23 Å². The van der Waals surface area contributed by atoms with Crippen molar-refractivity contribution in [1.29, 1.82) is 0 Å². The lowest BCUT2D eigenvalue weighted by molar-refractivity contribution is -0.111. The largest absolute Gasteiger partial charge is 0.360 e. The fraction of sp³-hybridized carbons (Fsp3) is 1.00. The van der Waals surface area contributed by atoms with Crippen LogP contribution in [0.1, 0.15) is 19.3 Å². The lowest BCUT2D eigenvalue weighted by atomic mass is 10.1. The summed E-state index contributed by atoms with van der Waals surface area (Å²) in [5.74, 6) is 0. The lowest BCUT2D eigenvalue weighted by Gasteiger charge is -2.39. The van der Waals surface area contributed by atoms with Crippen molar-refractivity contribution in [3.05, 3.63) is 0 Å². The van der Waals surface area contributed by atoms with Gasteiger partial charge in [-0.1, -0.05) is 6.42 Å². The quantitative estimate of drug-likeness (QED) is 0.598. The van der Waals surface area contributed by atoms with Gasteiger partial charge in [0, 0.05) is 26.2 Å². The van der Waals surface area contributed by atoms with E-state index in [1.807, 2.05) is 0 Å². The molecule has 1 unspecified atom stereocenters. The molecule has 1 atom stereocenters. The number of likely N-dealkylation sites (N-methyl/N-ethyl adjacent to an activating group) is 1. The molecule has 2 fully saturated rings. The first-order valence-corrected chi connectivity index (χ1v) is 5.40. The molecule has 76 valence electrons. The summed E-state index contributed by atoms with van der Waals surface area (Å²) in [6.45, 7) is 5.54. The van der Waals surface area contributed by atoms with E-state index in [-0.39, 0.29) is 0 Å². The van der Waals surface area contributed by atoms with Crippen LogP contribution < -0.4 is 0 Å². The van der Waals surface area contributed by atoms with Gasteiger partial charge >= 0.3 is 0 Å². The predicted molar refractivity (Wildman–Crippen MR) is 52.7 cm³/mol. The molecule has 0 saturated carbocycles. The highest BCUT2D eigenvalue weighted by Crippen LogP contribution is 2.15. The van der Waals surface area contributed by atoms with Crippen LogP contribution in [0, 0.1) is 0 Å². The normalized spacial score (nSPS) is 33.5. The van der Waals surface area contributed by atoms with Gasteiger partial charge in [0.05, 0.1) is 6.61 Å². The predicted octanol–water partition coefficient (Wildman–Crippen LogP) is 0.760. The van der Waals surface area contributed by atoms with Gasteiger partial charge in [0.1, 0.15) is 6.23 Å². The van der Waals surface area contributed by atoms with Crippen LogP contribution in [-0.2, 0) is 4.74 Å². The van der Waals surface area contributed by atoms with Gasteiger partial charge in [-0.05, 0) is 19.9 Å². The van der Waals surface area contributed by atoms with Gasteiger partial charge in [0.15, 0.2) is 0 Å². The molecule has 3 nitrogen and oxygen atoms in total. The summed E-state index contributed by atoms with van der Waals surface area (Å²) in [6.07, 6.45) is 4.48. The Kier molecular flexibility index (Phi) is 3.19. The third-order valence-corrected chi connectivity index (χ3v) is 3.05. The van der Waals surface area contributed by atoms with E-state index >= 15 is 0 Å². The topological polar surface area (TPSA) is 15.7 Å². The zero-order valence-corrected chi connectivity index (χ0v) is 8.54. The first kappa shape index (κ1) is 9.44. The second-order valence-electron chi connectivity index (χ2n) is 4.18. The number of hydrogen-bond donors (Lipinski definition) is 0. The molecular weight excluding hydrogens is 164 g/mol. The van der Waals surface area contributed by atoms with Crippen LogP contribution in [0.2, 0.25) is 0 Å². The highest BCUT2D eigenvalue weighted by Gasteiger charge is 2.24. The van der Waals surface area contributed by atoms with Gasteiger partial charge in [0.2, 0.25) is 0 Å². The smallest absolute Gasteiger partial charge is 0.123 e. The molecule has 0 aromatic heterocycles. The van der Waals surface area contributed by atoms with Crippen LogP contribution in [-0.4, -0.2) is 55.9 Å². The molecule has 2 aliphatic rings. The standard InChI is InChI=1S/C10H20N2O/c1-11-7-8-13-10(9-11)12-5-3-2-4-6-12/h10H,2-9H2,1H3. The molecule has 2 saturated heterocycles. The summed E-state index contributed by atoms with van der Waals surface area (Å²) in [5.41, 5.74) is 0. The first-order valence-electron chi connectivity index (χ1n) is 5.40. The van der Waals surface area contributed by atoms with Crippen LogP contribution in [0.5, 0.6) is 0 Å². The Morgan fingerprint density at radius 2 is 1.85 bits per heavy atom. The van der Waals surface area contributed by atoms with Gasteiger partial charge in [-0.25, -0.2) is 0 Å². The lowest BCUT2D eigenvalue weighted by Crippen LogP contribution is -2.51. The molecule has 2 rings (SSSR count). The van der Waals surface area contributed by atoms with Gasteiger partial charge in [-0.3, -0.25) is 4.90 Å². The molecule has 0 aliphatic carbocycles. The van der Waals surface area contributed by atoms with E-state index in [4.69, 9.17) is 4.74 Å². The van der Waals surface area contributed by atoms with Crippen molar-refractivity contribution in [3.8, 4) is 0 Å². The van der Waals surface area contributed by atoms with Crippen LogP contribution in [0.15, 0.2) is 0 Å². The summed E-state index contributed by atoms with van der Waals surface area (Å²) < 4.78 is 5.77. The number of nitrogens with zero attached hydrogens (tertiary/aromatic N) is 2. The SMILES string of the molecule is CN1CCOC(N2CCCCC2)C1. The van der Waals surface area contributed by atoms with Crippen LogP contribution in [0.3, 0.4) is 0 Å². The van der Waals surface area contributed by atoms with E-state index in [1.54, 1.807) is 0 Å². The maximum Gasteiger partial charge on any atom is 0.123 e. The minimum Gasteiger partial charge on any atom is -0.360 e. The van der Waals surface area contributed by atoms with Crippen molar-refractivity contribution in [2.45, 2.75) is 25.5 Å². The van der Waals surface area contributed by atoms with Crippen molar-refractivity contribution in [3.63, 3.8) is 0 Å². The number of morpholine rings is 1. The minimum atomic E-state index is 0.374. The zero-order chi connectivity index (χ0) is 9.10. The molecule has 2 heterocycles. The maximum absolute atomic E-state index is 5.77. The Morgan fingerprint density at radius 1 is 1.08 bits per heavy atom. The Bertz CT molecular complexity index is 157. The number of ether oxygens (including phenoxy) is 1. The van der Waals surface area contributed by atoms with Gasteiger partial charge < -0.3 is 9.64 Å². The van der Waals surface area contributed by atoms with Crippen LogP contribution in [0.4, 0.5) is 0 Å². The third kappa shape index (κ3) is 2.42. The number of rotatable bonds is 1. The summed E-state index contributed by atoms with van der Waals surface area (Å²) in [4.78, 5) is 4.86. The van der Waals surface area contributed by atoms with Gasteiger partial charge in [-0.15, -0.1) is 0 Å². The van der Waals surface area contributed by atoms with E-state index in [1.165, 1.54) is 32.4 Å². The van der Waals surface area contributed by atoms with Crippen molar-refractivity contribution in [2.75, 3.05) is 39.8 Å². The number of hydrogen-bond acceptors (Lipinski definition) is 3. The first-order chi connectivity index (χ1) is 6.36. The van der Waals surface area contributed by atoms with Crippen LogP contribution in [0.25, 0.3) is 0 Å². The molecule has 0 amide bonds. The van der Waals surface area contributed by atoms with Crippen molar-refractivity contribution >= 4 is 0 Å². The van der Waals surface area contributed by atoms with Crippen molar-refractivity contribution < 1.29 is 4.74 Å². The maximum atomic E-state index is 5.77. The average Bonchev–Trinajstić information content (AvgIpc) is 2.19. The Balaban J connectivity index is 1.83. The minimum absolute atomic E-state index is 0.374.